The molecule has 0 bridgehead atoms. The normalized spacial score (nSPS) is 15.7. The standard InChI is InChI=1S/C13H15NO4S/c1-3-13(15)14-8-11(9-14)18-10-4-6-12(7-5-10)19(2,16)17/h3-7,11H,1,8-9H2,2H3. The lowest BCUT2D eigenvalue weighted by Crippen LogP contribution is -2.55. The Morgan fingerprint density at radius 1 is 1.37 bits per heavy atom. The maximum Gasteiger partial charge on any atom is 0.246 e. The van der Waals surface area contributed by atoms with Gasteiger partial charge in [0, 0.05) is 6.26 Å². The monoisotopic (exact) mass is 281 g/mol. The van der Waals surface area contributed by atoms with E-state index in [0.29, 0.717) is 18.8 Å². The number of carbonyl (C=O) groups excluding carboxylic acids is 1. The summed E-state index contributed by atoms with van der Waals surface area (Å²) < 4.78 is 28.2. The van der Waals surface area contributed by atoms with Crippen LogP contribution < -0.4 is 4.74 Å². The van der Waals surface area contributed by atoms with E-state index in [1.165, 1.54) is 18.2 Å². The third-order valence-electron chi connectivity index (χ3n) is 2.89. The zero-order chi connectivity index (χ0) is 14.0. The molecule has 1 fully saturated rings. The van der Waals surface area contributed by atoms with Gasteiger partial charge in [0.15, 0.2) is 9.84 Å². The number of nitrogens with zero attached hydrogens (tertiary/aromatic N) is 1. The van der Waals surface area contributed by atoms with Crippen molar-refractivity contribution in [2.45, 2.75) is 11.0 Å². The van der Waals surface area contributed by atoms with Crippen molar-refractivity contribution >= 4 is 15.7 Å². The van der Waals surface area contributed by atoms with Crippen LogP contribution in [0.5, 0.6) is 5.75 Å². The van der Waals surface area contributed by atoms with Crippen molar-refractivity contribution in [3.8, 4) is 5.75 Å². The van der Waals surface area contributed by atoms with Crippen LogP contribution in [0.3, 0.4) is 0 Å². The highest BCUT2D eigenvalue weighted by molar-refractivity contribution is 7.90. The van der Waals surface area contributed by atoms with E-state index in [9.17, 15) is 13.2 Å². The first-order chi connectivity index (χ1) is 8.90. The second-order valence-electron chi connectivity index (χ2n) is 4.43. The molecule has 1 amide bonds. The third kappa shape index (κ3) is 3.14. The Balaban J connectivity index is 1.92. The first kappa shape index (κ1) is 13.6. The van der Waals surface area contributed by atoms with Gasteiger partial charge in [0.2, 0.25) is 5.91 Å². The third-order valence-corrected chi connectivity index (χ3v) is 4.02. The Hall–Kier alpha value is -1.82. The zero-order valence-corrected chi connectivity index (χ0v) is 11.4. The summed E-state index contributed by atoms with van der Waals surface area (Å²) in [6, 6.07) is 6.26. The van der Waals surface area contributed by atoms with Crippen molar-refractivity contribution in [1.29, 1.82) is 0 Å². The van der Waals surface area contributed by atoms with Gasteiger partial charge in [0.1, 0.15) is 11.9 Å². The molecule has 1 heterocycles. The average molecular weight is 281 g/mol. The van der Waals surface area contributed by atoms with E-state index in [4.69, 9.17) is 4.74 Å². The van der Waals surface area contributed by atoms with E-state index in [0.717, 1.165) is 6.26 Å². The maximum atomic E-state index is 11.3. The van der Waals surface area contributed by atoms with E-state index in [-0.39, 0.29) is 16.9 Å². The van der Waals surface area contributed by atoms with E-state index < -0.39 is 9.84 Å². The van der Waals surface area contributed by atoms with Gasteiger partial charge >= 0.3 is 0 Å². The molecule has 0 spiro atoms. The number of likely N-dealkylation sites (tertiary alicyclic amines) is 1. The van der Waals surface area contributed by atoms with Gasteiger partial charge in [-0.25, -0.2) is 8.42 Å². The molecule has 1 saturated heterocycles. The van der Waals surface area contributed by atoms with Crippen molar-refractivity contribution in [2.75, 3.05) is 19.3 Å². The van der Waals surface area contributed by atoms with Gasteiger partial charge in [-0.1, -0.05) is 6.58 Å². The Kier molecular flexibility index (Phi) is 3.61. The minimum atomic E-state index is -3.18. The lowest BCUT2D eigenvalue weighted by Gasteiger charge is -2.38. The highest BCUT2D eigenvalue weighted by Gasteiger charge is 2.30. The van der Waals surface area contributed by atoms with Crippen LogP contribution in [0.4, 0.5) is 0 Å². The number of hydrogen-bond acceptors (Lipinski definition) is 4. The van der Waals surface area contributed by atoms with Crippen molar-refractivity contribution in [1.82, 2.24) is 4.90 Å². The smallest absolute Gasteiger partial charge is 0.246 e. The highest BCUT2D eigenvalue weighted by atomic mass is 32.2. The van der Waals surface area contributed by atoms with E-state index >= 15 is 0 Å². The predicted octanol–water partition coefficient (Wildman–Crippen LogP) is 0.866. The lowest BCUT2D eigenvalue weighted by atomic mass is 10.1. The van der Waals surface area contributed by atoms with E-state index in [2.05, 4.69) is 6.58 Å². The lowest BCUT2D eigenvalue weighted by molar-refractivity contribution is -0.134. The molecule has 0 N–H and O–H groups in total. The van der Waals surface area contributed by atoms with Gasteiger partial charge in [-0.05, 0) is 30.3 Å². The minimum Gasteiger partial charge on any atom is -0.487 e. The molecule has 5 nitrogen and oxygen atoms in total. The highest BCUT2D eigenvalue weighted by Crippen LogP contribution is 2.20. The van der Waals surface area contributed by atoms with Crippen molar-refractivity contribution < 1.29 is 17.9 Å². The van der Waals surface area contributed by atoms with Crippen LogP contribution in [-0.4, -0.2) is 44.7 Å². The van der Waals surface area contributed by atoms with Gasteiger partial charge in [-0.15, -0.1) is 0 Å². The molecule has 1 aliphatic rings. The molecular formula is C13H15NO4S. The van der Waals surface area contributed by atoms with Gasteiger partial charge in [0.25, 0.3) is 0 Å². The van der Waals surface area contributed by atoms with Gasteiger partial charge in [0.05, 0.1) is 18.0 Å². The number of amides is 1. The quantitative estimate of drug-likeness (QED) is 0.768. The van der Waals surface area contributed by atoms with Crippen LogP contribution in [0.15, 0.2) is 41.8 Å². The fourth-order valence-electron chi connectivity index (χ4n) is 1.78. The van der Waals surface area contributed by atoms with Crippen LogP contribution >= 0.6 is 0 Å². The molecule has 0 atom stereocenters. The summed E-state index contributed by atoms with van der Waals surface area (Å²) >= 11 is 0. The van der Waals surface area contributed by atoms with Crippen LogP contribution in [0.2, 0.25) is 0 Å². The number of sulfone groups is 1. The van der Waals surface area contributed by atoms with E-state index in [1.54, 1.807) is 17.0 Å². The van der Waals surface area contributed by atoms with Crippen molar-refractivity contribution in [2.24, 2.45) is 0 Å². The summed E-state index contributed by atoms with van der Waals surface area (Å²) in [6.45, 7) is 4.47. The van der Waals surface area contributed by atoms with Crippen LogP contribution in [0, 0.1) is 0 Å². The summed E-state index contributed by atoms with van der Waals surface area (Å²) in [7, 11) is -3.18. The first-order valence-corrected chi connectivity index (χ1v) is 7.67. The summed E-state index contributed by atoms with van der Waals surface area (Å²) in [5.41, 5.74) is 0. The van der Waals surface area contributed by atoms with Crippen molar-refractivity contribution in [3.05, 3.63) is 36.9 Å². The summed E-state index contributed by atoms with van der Waals surface area (Å²) in [6.07, 6.45) is 2.39. The average Bonchev–Trinajstić information content (AvgIpc) is 2.32. The summed E-state index contributed by atoms with van der Waals surface area (Å²) in [4.78, 5) is 13.1. The Morgan fingerprint density at radius 2 is 1.95 bits per heavy atom. The zero-order valence-electron chi connectivity index (χ0n) is 10.6. The Labute approximate surface area is 112 Å². The number of carbonyl (C=O) groups is 1. The number of benzene rings is 1. The van der Waals surface area contributed by atoms with Gasteiger partial charge < -0.3 is 9.64 Å². The SMILES string of the molecule is C=CC(=O)N1CC(Oc2ccc(S(C)(=O)=O)cc2)C1. The predicted molar refractivity (Wildman–Crippen MR) is 70.7 cm³/mol. The molecule has 102 valence electrons. The fraction of sp³-hybridized carbons (Fsp3) is 0.308. The fourth-order valence-corrected chi connectivity index (χ4v) is 2.41. The molecule has 2 rings (SSSR count). The Bertz CT molecular complexity index is 586. The molecule has 19 heavy (non-hydrogen) atoms. The molecule has 0 saturated carbocycles. The maximum absolute atomic E-state index is 11.3. The largest absolute Gasteiger partial charge is 0.487 e. The number of ether oxygens (including phenoxy) is 1. The molecule has 1 aromatic rings. The topological polar surface area (TPSA) is 63.7 Å². The summed E-state index contributed by atoms with van der Waals surface area (Å²) in [5, 5.41) is 0. The minimum absolute atomic E-state index is 0.0482. The second kappa shape index (κ2) is 5.05. The van der Waals surface area contributed by atoms with E-state index in [1.807, 2.05) is 0 Å². The van der Waals surface area contributed by atoms with Gasteiger partial charge in [-0.2, -0.15) is 0 Å². The Morgan fingerprint density at radius 3 is 2.42 bits per heavy atom. The molecule has 1 aromatic carbocycles. The van der Waals surface area contributed by atoms with Gasteiger partial charge in [-0.3, -0.25) is 4.79 Å². The molecule has 1 aliphatic heterocycles. The summed E-state index contributed by atoms with van der Waals surface area (Å²) in [5.74, 6) is 0.496. The first-order valence-electron chi connectivity index (χ1n) is 5.78. The second-order valence-corrected chi connectivity index (χ2v) is 6.45. The molecule has 0 radical (unpaired) electrons. The number of hydrogen-bond donors (Lipinski definition) is 0. The van der Waals surface area contributed by atoms with Crippen molar-refractivity contribution in [3.63, 3.8) is 0 Å². The molecule has 0 aliphatic carbocycles. The van der Waals surface area contributed by atoms with Crippen LogP contribution in [0.1, 0.15) is 0 Å². The van der Waals surface area contributed by atoms with Crippen LogP contribution in [-0.2, 0) is 14.6 Å². The molecule has 6 heteroatoms. The van der Waals surface area contributed by atoms with Crippen LogP contribution in [0.25, 0.3) is 0 Å². The molecule has 0 aromatic heterocycles. The molecular weight excluding hydrogens is 266 g/mol. The molecule has 0 unspecified atom stereocenters. The number of rotatable bonds is 4.